The highest BCUT2D eigenvalue weighted by molar-refractivity contribution is 7.07. The van der Waals surface area contributed by atoms with Crippen molar-refractivity contribution in [3.8, 4) is 0 Å². The molecular weight excluding hydrogens is 275 g/mol. The lowest BCUT2D eigenvalue weighted by Gasteiger charge is -2.24. The Balaban J connectivity index is 1.89. The molecule has 2 heterocycles. The van der Waals surface area contributed by atoms with Gasteiger partial charge in [0.2, 0.25) is 0 Å². The van der Waals surface area contributed by atoms with Gasteiger partial charge in [-0.2, -0.15) is 11.3 Å². The van der Waals surface area contributed by atoms with Crippen LogP contribution in [0, 0.1) is 5.82 Å². The topological polar surface area (TPSA) is 46.3 Å². The molecule has 104 valence electrons. The number of nitrogens with zero attached hydrogens (tertiary/aromatic N) is 1. The van der Waals surface area contributed by atoms with Gasteiger partial charge in [-0.25, -0.2) is 4.39 Å². The highest BCUT2D eigenvalue weighted by Gasteiger charge is 2.31. The van der Waals surface area contributed by atoms with Gasteiger partial charge in [-0.3, -0.25) is 4.79 Å². The Morgan fingerprint density at radius 3 is 2.95 bits per heavy atom. The van der Waals surface area contributed by atoms with Crippen LogP contribution < -0.4 is 5.73 Å². The summed E-state index contributed by atoms with van der Waals surface area (Å²) in [6.45, 7) is 0.704. The van der Waals surface area contributed by atoms with Crippen molar-refractivity contribution in [3.05, 3.63) is 52.0 Å². The van der Waals surface area contributed by atoms with E-state index >= 15 is 0 Å². The molecule has 0 spiro atoms. The van der Waals surface area contributed by atoms with Crippen molar-refractivity contribution in [2.45, 2.75) is 18.9 Å². The average molecular weight is 290 g/mol. The number of carbonyl (C=O) groups excluding carboxylic acids is 1. The summed E-state index contributed by atoms with van der Waals surface area (Å²) in [6.07, 6.45) is 1.92. The predicted molar refractivity (Wildman–Crippen MR) is 78.1 cm³/mol. The van der Waals surface area contributed by atoms with Gasteiger partial charge in [-0.15, -0.1) is 0 Å². The van der Waals surface area contributed by atoms with Crippen LogP contribution in [0.4, 0.5) is 10.1 Å². The number of thiophene rings is 1. The molecule has 3 nitrogen and oxygen atoms in total. The van der Waals surface area contributed by atoms with Crippen LogP contribution in [0.25, 0.3) is 0 Å². The van der Waals surface area contributed by atoms with E-state index in [9.17, 15) is 9.18 Å². The fraction of sp³-hybridized carbons (Fsp3) is 0.267. The first-order valence-electron chi connectivity index (χ1n) is 6.54. The van der Waals surface area contributed by atoms with E-state index in [-0.39, 0.29) is 17.6 Å². The first-order chi connectivity index (χ1) is 9.65. The largest absolute Gasteiger partial charge is 0.399 e. The Hall–Kier alpha value is -1.88. The molecule has 1 unspecified atom stereocenters. The van der Waals surface area contributed by atoms with Gasteiger partial charge in [-0.1, -0.05) is 0 Å². The summed E-state index contributed by atoms with van der Waals surface area (Å²) < 4.78 is 13.4. The van der Waals surface area contributed by atoms with Gasteiger partial charge in [0.25, 0.3) is 5.91 Å². The summed E-state index contributed by atoms with van der Waals surface area (Å²) in [6, 6.07) is 6.15. The van der Waals surface area contributed by atoms with Crippen LogP contribution in [0.5, 0.6) is 0 Å². The highest BCUT2D eigenvalue weighted by Crippen LogP contribution is 2.34. The number of hydrogen-bond acceptors (Lipinski definition) is 3. The molecule has 1 fully saturated rings. The minimum atomic E-state index is -0.473. The second-order valence-corrected chi connectivity index (χ2v) is 5.77. The lowest BCUT2D eigenvalue weighted by atomic mass is 10.1. The lowest BCUT2D eigenvalue weighted by molar-refractivity contribution is 0.0735. The second-order valence-electron chi connectivity index (χ2n) is 4.99. The molecule has 1 aliphatic heterocycles. The molecule has 0 saturated carbocycles. The maximum Gasteiger partial charge on any atom is 0.254 e. The maximum absolute atomic E-state index is 13.4. The number of nitrogen functional groups attached to an aromatic ring is 1. The number of carbonyl (C=O) groups is 1. The van der Waals surface area contributed by atoms with Crippen LogP contribution in [0.2, 0.25) is 0 Å². The molecule has 2 aromatic rings. The third-order valence-electron chi connectivity index (χ3n) is 3.61. The zero-order valence-corrected chi connectivity index (χ0v) is 11.7. The summed E-state index contributed by atoms with van der Waals surface area (Å²) in [4.78, 5) is 14.4. The van der Waals surface area contributed by atoms with Crippen molar-refractivity contribution in [2.75, 3.05) is 12.3 Å². The van der Waals surface area contributed by atoms with E-state index in [1.54, 1.807) is 11.3 Å². The molecule has 1 aliphatic rings. The minimum absolute atomic E-state index is 0.0956. The van der Waals surface area contributed by atoms with Crippen LogP contribution in [0.3, 0.4) is 0 Å². The lowest BCUT2D eigenvalue weighted by Crippen LogP contribution is -2.30. The standard InChI is InChI=1S/C15H15FN2OS/c16-12-6-11(7-13(17)8-12)15(19)18-4-1-2-14(18)10-3-5-20-9-10/h3,5-9,14H,1-2,4,17H2. The molecule has 2 N–H and O–H groups in total. The number of amides is 1. The Bertz CT molecular complexity index is 607. The van der Waals surface area contributed by atoms with Crippen molar-refractivity contribution in [2.24, 2.45) is 0 Å². The van der Waals surface area contributed by atoms with Gasteiger partial charge in [0, 0.05) is 17.8 Å². The van der Waals surface area contributed by atoms with Gasteiger partial charge in [-0.05, 0) is 53.4 Å². The van der Waals surface area contributed by atoms with Crippen molar-refractivity contribution < 1.29 is 9.18 Å². The van der Waals surface area contributed by atoms with E-state index in [0.29, 0.717) is 12.1 Å². The quantitative estimate of drug-likeness (QED) is 0.861. The number of likely N-dealkylation sites (tertiary alicyclic amines) is 1. The summed E-state index contributed by atoms with van der Waals surface area (Å²) in [7, 11) is 0. The van der Waals surface area contributed by atoms with Crippen LogP contribution in [0.1, 0.15) is 34.8 Å². The SMILES string of the molecule is Nc1cc(F)cc(C(=O)N2CCCC2c2ccsc2)c1. The first kappa shape index (κ1) is 13.1. The molecule has 1 amide bonds. The molecule has 1 atom stereocenters. The van der Waals surface area contributed by atoms with Crippen molar-refractivity contribution in [3.63, 3.8) is 0 Å². The number of rotatable bonds is 2. The van der Waals surface area contributed by atoms with E-state index in [2.05, 4.69) is 5.38 Å². The first-order valence-corrected chi connectivity index (χ1v) is 7.48. The highest BCUT2D eigenvalue weighted by atomic mass is 32.1. The van der Waals surface area contributed by atoms with Crippen molar-refractivity contribution in [1.29, 1.82) is 0 Å². The van der Waals surface area contributed by atoms with Gasteiger partial charge in [0.05, 0.1) is 6.04 Å². The summed E-state index contributed by atoms with van der Waals surface area (Å²) in [5, 5.41) is 4.08. The summed E-state index contributed by atoms with van der Waals surface area (Å²) >= 11 is 1.62. The Labute approximate surface area is 120 Å². The van der Waals surface area contributed by atoms with E-state index in [0.717, 1.165) is 18.4 Å². The maximum atomic E-state index is 13.4. The van der Waals surface area contributed by atoms with E-state index in [4.69, 9.17) is 5.73 Å². The van der Waals surface area contributed by atoms with E-state index in [1.165, 1.54) is 18.2 Å². The fourth-order valence-corrected chi connectivity index (χ4v) is 3.43. The molecule has 1 aromatic heterocycles. The normalized spacial score (nSPS) is 18.4. The molecule has 0 bridgehead atoms. The number of benzene rings is 1. The van der Waals surface area contributed by atoms with Crippen LogP contribution in [0.15, 0.2) is 35.0 Å². The Morgan fingerprint density at radius 2 is 2.25 bits per heavy atom. The van der Waals surface area contributed by atoms with E-state index in [1.807, 2.05) is 16.3 Å². The smallest absolute Gasteiger partial charge is 0.254 e. The summed E-state index contributed by atoms with van der Waals surface area (Å²) in [5.74, 6) is -0.621. The predicted octanol–water partition coefficient (Wildman–Crippen LogP) is 3.45. The summed E-state index contributed by atoms with van der Waals surface area (Å²) in [5.41, 5.74) is 7.37. The van der Waals surface area contributed by atoms with Crippen molar-refractivity contribution >= 4 is 22.9 Å². The molecule has 1 aromatic carbocycles. The Morgan fingerprint density at radius 1 is 1.40 bits per heavy atom. The van der Waals surface area contributed by atoms with Crippen LogP contribution >= 0.6 is 11.3 Å². The molecule has 3 rings (SSSR count). The number of halogens is 1. The second kappa shape index (κ2) is 5.25. The average Bonchev–Trinajstić information content (AvgIpc) is 3.07. The zero-order chi connectivity index (χ0) is 14.1. The van der Waals surface area contributed by atoms with E-state index < -0.39 is 5.82 Å². The monoisotopic (exact) mass is 290 g/mol. The third-order valence-corrected chi connectivity index (χ3v) is 4.31. The van der Waals surface area contributed by atoms with Gasteiger partial charge < -0.3 is 10.6 Å². The zero-order valence-electron chi connectivity index (χ0n) is 10.9. The van der Waals surface area contributed by atoms with Gasteiger partial charge in [0.15, 0.2) is 0 Å². The van der Waals surface area contributed by atoms with Crippen LogP contribution in [-0.2, 0) is 0 Å². The van der Waals surface area contributed by atoms with Gasteiger partial charge in [0.1, 0.15) is 5.82 Å². The Kier molecular flexibility index (Phi) is 3.44. The minimum Gasteiger partial charge on any atom is -0.399 e. The van der Waals surface area contributed by atoms with Crippen LogP contribution in [-0.4, -0.2) is 17.4 Å². The third kappa shape index (κ3) is 2.41. The molecule has 1 saturated heterocycles. The molecule has 5 heteroatoms. The van der Waals surface area contributed by atoms with Gasteiger partial charge >= 0.3 is 0 Å². The molecule has 0 radical (unpaired) electrons. The molecule has 20 heavy (non-hydrogen) atoms. The number of anilines is 1. The van der Waals surface area contributed by atoms with Crippen molar-refractivity contribution in [1.82, 2.24) is 4.90 Å². The molecule has 0 aliphatic carbocycles. The molecular formula is C15H15FN2OS. The number of hydrogen-bond donors (Lipinski definition) is 1. The fourth-order valence-electron chi connectivity index (χ4n) is 2.72. The number of nitrogens with two attached hydrogens (primary N) is 1.